The summed E-state index contributed by atoms with van der Waals surface area (Å²) >= 11 is 5.64. The lowest BCUT2D eigenvalue weighted by molar-refractivity contribution is 0.419. The Morgan fingerprint density at radius 3 is 3.00 bits per heavy atom. The zero-order valence-corrected chi connectivity index (χ0v) is 11.2. The summed E-state index contributed by atoms with van der Waals surface area (Å²) in [6.07, 6.45) is 0. The minimum atomic E-state index is 0.723. The van der Waals surface area contributed by atoms with Gasteiger partial charge < -0.3 is 9.72 Å². The Morgan fingerprint density at radius 1 is 1.57 bits per heavy atom. The molecule has 0 saturated heterocycles. The Labute approximate surface area is 104 Å². The standard InChI is InChI=1S/C9H8BrIN2O/c1-14-6-3-2-5(11)8-9(6)13-7(4-10)12-8/h2-3H,4H2,1H3,(H,12,13). The third-order valence-corrected chi connectivity index (χ3v) is 3.35. The lowest BCUT2D eigenvalue weighted by Gasteiger charge is -2.00. The van der Waals surface area contributed by atoms with Crippen LogP contribution >= 0.6 is 38.5 Å². The van der Waals surface area contributed by atoms with Crippen LogP contribution < -0.4 is 4.74 Å². The molecular formula is C9H8BrIN2O. The monoisotopic (exact) mass is 366 g/mol. The number of imidazole rings is 1. The Bertz CT molecular complexity index is 469. The van der Waals surface area contributed by atoms with E-state index in [4.69, 9.17) is 4.74 Å². The van der Waals surface area contributed by atoms with Crippen LogP contribution in [0.1, 0.15) is 5.82 Å². The van der Waals surface area contributed by atoms with Gasteiger partial charge in [0.2, 0.25) is 0 Å². The fourth-order valence-electron chi connectivity index (χ4n) is 1.32. The van der Waals surface area contributed by atoms with E-state index >= 15 is 0 Å². The molecule has 0 amide bonds. The lowest BCUT2D eigenvalue weighted by Crippen LogP contribution is -1.85. The van der Waals surface area contributed by atoms with Gasteiger partial charge >= 0.3 is 0 Å². The summed E-state index contributed by atoms with van der Waals surface area (Å²) in [5.74, 6) is 1.75. The van der Waals surface area contributed by atoms with E-state index in [-0.39, 0.29) is 0 Å². The van der Waals surface area contributed by atoms with E-state index in [0.717, 1.165) is 31.5 Å². The minimum Gasteiger partial charge on any atom is -0.494 e. The molecule has 0 aliphatic carbocycles. The van der Waals surface area contributed by atoms with Crippen LogP contribution in [-0.4, -0.2) is 17.1 Å². The first-order valence-corrected chi connectivity index (χ1v) is 6.23. The second kappa shape index (κ2) is 4.06. The maximum absolute atomic E-state index is 5.25. The predicted molar refractivity (Wildman–Crippen MR) is 68.0 cm³/mol. The molecule has 0 radical (unpaired) electrons. The first-order valence-electron chi connectivity index (χ1n) is 4.03. The number of alkyl halides is 1. The number of rotatable bonds is 2. The molecule has 2 aromatic rings. The molecule has 0 aliphatic heterocycles. The van der Waals surface area contributed by atoms with E-state index in [1.807, 2.05) is 12.1 Å². The number of aromatic amines is 1. The van der Waals surface area contributed by atoms with Crippen LogP contribution in [0.3, 0.4) is 0 Å². The summed E-state index contributed by atoms with van der Waals surface area (Å²) in [5.41, 5.74) is 1.94. The molecule has 5 heteroatoms. The molecule has 74 valence electrons. The third kappa shape index (κ3) is 1.63. The summed E-state index contributed by atoms with van der Waals surface area (Å²) in [5, 5.41) is 0.723. The Hall–Kier alpha value is -0.300. The molecule has 0 atom stereocenters. The topological polar surface area (TPSA) is 37.9 Å². The van der Waals surface area contributed by atoms with Crippen molar-refractivity contribution in [3.05, 3.63) is 21.5 Å². The Balaban J connectivity index is 2.74. The number of halogens is 2. The Kier molecular flexibility index (Phi) is 2.96. The van der Waals surface area contributed by atoms with E-state index in [2.05, 4.69) is 48.5 Å². The molecular weight excluding hydrogens is 359 g/mol. The van der Waals surface area contributed by atoms with Crippen LogP contribution in [-0.2, 0) is 5.33 Å². The number of nitrogens with zero attached hydrogens (tertiary/aromatic N) is 1. The van der Waals surface area contributed by atoms with Crippen molar-refractivity contribution < 1.29 is 4.74 Å². The predicted octanol–water partition coefficient (Wildman–Crippen LogP) is 3.07. The third-order valence-electron chi connectivity index (χ3n) is 1.95. The van der Waals surface area contributed by atoms with E-state index in [0.29, 0.717) is 0 Å². The number of fused-ring (bicyclic) bond motifs is 1. The van der Waals surface area contributed by atoms with Gasteiger partial charge in [-0.05, 0) is 34.7 Å². The first kappa shape index (κ1) is 10.2. The summed E-state index contributed by atoms with van der Waals surface area (Å²) in [6, 6.07) is 3.95. The molecule has 2 rings (SSSR count). The number of methoxy groups -OCH3 is 1. The highest BCUT2D eigenvalue weighted by molar-refractivity contribution is 14.1. The smallest absolute Gasteiger partial charge is 0.144 e. The number of hydrogen-bond donors (Lipinski definition) is 1. The van der Waals surface area contributed by atoms with Crippen LogP contribution in [0.25, 0.3) is 11.0 Å². The van der Waals surface area contributed by atoms with Gasteiger partial charge in [0.1, 0.15) is 22.6 Å². The summed E-state index contributed by atoms with van der Waals surface area (Å²) < 4.78 is 6.38. The highest BCUT2D eigenvalue weighted by Crippen LogP contribution is 2.27. The number of benzene rings is 1. The van der Waals surface area contributed by atoms with Gasteiger partial charge in [-0.1, -0.05) is 15.9 Å². The van der Waals surface area contributed by atoms with Crippen molar-refractivity contribution >= 4 is 49.6 Å². The number of nitrogens with one attached hydrogen (secondary N) is 1. The SMILES string of the molecule is COc1ccc(I)c2nc(CBr)[nH]c12. The Morgan fingerprint density at radius 2 is 2.36 bits per heavy atom. The van der Waals surface area contributed by atoms with E-state index in [9.17, 15) is 0 Å². The van der Waals surface area contributed by atoms with Crippen molar-refractivity contribution in [1.82, 2.24) is 9.97 Å². The summed E-state index contributed by atoms with van der Waals surface area (Å²) in [6.45, 7) is 0. The highest BCUT2D eigenvalue weighted by Gasteiger charge is 2.09. The van der Waals surface area contributed by atoms with Crippen molar-refractivity contribution in [2.75, 3.05) is 7.11 Å². The molecule has 14 heavy (non-hydrogen) atoms. The van der Waals surface area contributed by atoms with Gasteiger partial charge in [0.05, 0.1) is 12.4 Å². The van der Waals surface area contributed by atoms with E-state index in [1.54, 1.807) is 7.11 Å². The minimum absolute atomic E-state index is 0.723. The van der Waals surface area contributed by atoms with Crippen molar-refractivity contribution in [2.45, 2.75) is 5.33 Å². The zero-order valence-electron chi connectivity index (χ0n) is 7.47. The van der Waals surface area contributed by atoms with Crippen molar-refractivity contribution in [3.63, 3.8) is 0 Å². The average Bonchev–Trinajstić information content (AvgIpc) is 2.63. The van der Waals surface area contributed by atoms with Crippen LogP contribution in [0.15, 0.2) is 12.1 Å². The van der Waals surface area contributed by atoms with Crippen LogP contribution in [0.4, 0.5) is 0 Å². The van der Waals surface area contributed by atoms with Crippen LogP contribution in [0.2, 0.25) is 0 Å². The van der Waals surface area contributed by atoms with Gasteiger partial charge in [0, 0.05) is 3.57 Å². The molecule has 0 saturated carbocycles. The normalized spacial score (nSPS) is 10.8. The van der Waals surface area contributed by atoms with Gasteiger partial charge in [-0.2, -0.15) is 0 Å². The van der Waals surface area contributed by atoms with Gasteiger partial charge in [-0.25, -0.2) is 4.98 Å². The fourth-order valence-corrected chi connectivity index (χ4v) is 2.15. The molecule has 0 spiro atoms. The second-order valence-corrected chi connectivity index (χ2v) is 4.51. The molecule has 3 nitrogen and oxygen atoms in total. The lowest BCUT2D eigenvalue weighted by atomic mass is 10.3. The molecule has 1 N–H and O–H groups in total. The first-order chi connectivity index (χ1) is 6.76. The van der Waals surface area contributed by atoms with Crippen molar-refractivity contribution in [1.29, 1.82) is 0 Å². The molecule has 0 bridgehead atoms. The molecule has 0 aliphatic rings. The van der Waals surface area contributed by atoms with Gasteiger partial charge in [0.25, 0.3) is 0 Å². The molecule has 0 fully saturated rings. The van der Waals surface area contributed by atoms with Gasteiger partial charge in [-0.3, -0.25) is 0 Å². The highest BCUT2D eigenvalue weighted by atomic mass is 127. The molecule has 1 aromatic heterocycles. The van der Waals surface area contributed by atoms with Crippen molar-refractivity contribution in [2.24, 2.45) is 0 Å². The second-order valence-electron chi connectivity index (χ2n) is 2.79. The van der Waals surface area contributed by atoms with Crippen LogP contribution in [0, 0.1) is 3.57 Å². The number of aromatic nitrogens is 2. The van der Waals surface area contributed by atoms with Crippen LogP contribution in [0.5, 0.6) is 5.75 Å². The number of hydrogen-bond acceptors (Lipinski definition) is 2. The largest absolute Gasteiger partial charge is 0.494 e. The number of ether oxygens (including phenoxy) is 1. The fraction of sp³-hybridized carbons (Fsp3) is 0.222. The summed E-state index contributed by atoms with van der Waals surface area (Å²) in [4.78, 5) is 7.67. The van der Waals surface area contributed by atoms with E-state index < -0.39 is 0 Å². The molecule has 1 heterocycles. The summed E-state index contributed by atoms with van der Waals surface area (Å²) in [7, 11) is 1.66. The molecule has 0 unspecified atom stereocenters. The maximum atomic E-state index is 5.25. The van der Waals surface area contributed by atoms with Gasteiger partial charge in [0.15, 0.2) is 0 Å². The molecule has 1 aromatic carbocycles. The quantitative estimate of drug-likeness (QED) is 0.655. The van der Waals surface area contributed by atoms with Crippen molar-refractivity contribution in [3.8, 4) is 5.75 Å². The average molecular weight is 367 g/mol. The van der Waals surface area contributed by atoms with E-state index in [1.165, 1.54) is 0 Å². The van der Waals surface area contributed by atoms with Gasteiger partial charge in [-0.15, -0.1) is 0 Å². The zero-order chi connectivity index (χ0) is 10.1. The number of H-pyrrole nitrogens is 1. The maximum Gasteiger partial charge on any atom is 0.144 e.